The highest BCUT2D eigenvalue weighted by Crippen LogP contribution is 2.30. The lowest BCUT2D eigenvalue weighted by atomic mass is 10.0. The van der Waals surface area contributed by atoms with E-state index in [-0.39, 0.29) is 23.4 Å². The average Bonchev–Trinajstić information content (AvgIpc) is 3.24. The molecule has 0 aliphatic carbocycles. The zero-order valence-corrected chi connectivity index (χ0v) is 14.8. The summed E-state index contributed by atoms with van der Waals surface area (Å²) in [6, 6.07) is 5.20. The van der Waals surface area contributed by atoms with Crippen LogP contribution >= 0.6 is 0 Å². The molecule has 0 saturated carbocycles. The van der Waals surface area contributed by atoms with Crippen LogP contribution < -0.4 is 4.74 Å². The zero-order chi connectivity index (χ0) is 18.0. The molecular formula is C18H23FN4O2. The molecule has 1 N–H and O–H groups in total. The van der Waals surface area contributed by atoms with E-state index in [1.165, 1.54) is 7.11 Å². The van der Waals surface area contributed by atoms with Crippen LogP contribution in [0.5, 0.6) is 5.75 Å². The number of nitrogens with zero attached hydrogens (tertiary/aromatic N) is 3. The molecule has 2 aromatic rings. The number of hydrogen-bond acceptors (Lipinski definition) is 4. The fourth-order valence-corrected chi connectivity index (χ4v) is 3.31. The van der Waals surface area contributed by atoms with Crippen LogP contribution in [0.25, 0.3) is 0 Å². The predicted octanol–water partition coefficient (Wildman–Crippen LogP) is 2.25. The van der Waals surface area contributed by atoms with Crippen molar-refractivity contribution >= 4 is 5.91 Å². The molecule has 1 aromatic heterocycles. The van der Waals surface area contributed by atoms with E-state index >= 15 is 0 Å². The number of nitrogens with one attached hydrogen (secondary N) is 1. The van der Waals surface area contributed by atoms with E-state index in [9.17, 15) is 9.18 Å². The molecule has 1 amide bonds. The molecule has 25 heavy (non-hydrogen) atoms. The van der Waals surface area contributed by atoms with Crippen LogP contribution in [0.15, 0.2) is 24.4 Å². The summed E-state index contributed by atoms with van der Waals surface area (Å²) in [5, 5.41) is 7.03. The normalized spacial score (nSPS) is 17.7. The quantitative estimate of drug-likeness (QED) is 0.902. The summed E-state index contributed by atoms with van der Waals surface area (Å²) in [6.45, 7) is 2.12. The molecule has 6 nitrogen and oxygen atoms in total. The third-order valence-electron chi connectivity index (χ3n) is 4.64. The lowest BCUT2D eigenvalue weighted by Crippen LogP contribution is -2.24. The van der Waals surface area contributed by atoms with Crippen molar-refractivity contribution in [2.24, 2.45) is 0 Å². The fourth-order valence-electron chi connectivity index (χ4n) is 3.31. The van der Waals surface area contributed by atoms with Crippen LogP contribution in [0.3, 0.4) is 0 Å². The highest BCUT2D eigenvalue weighted by molar-refractivity contribution is 5.94. The summed E-state index contributed by atoms with van der Waals surface area (Å²) in [5.74, 6) is 0.0928. The first kappa shape index (κ1) is 17.4. The largest absolute Gasteiger partial charge is 0.494 e. The summed E-state index contributed by atoms with van der Waals surface area (Å²) in [4.78, 5) is 16.0. The van der Waals surface area contributed by atoms with Crippen molar-refractivity contribution in [3.05, 3.63) is 47.0 Å². The molecule has 7 heteroatoms. The summed E-state index contributed by atoms with van der Waals surface area (Å²) in [6.07, 6.45) is 2.49. The summed E-state index contributed by atoms with van der Waals surface area (Å²) >= 11 is 0. The number of aromatic amines is 1. The van der Waals surface area contributed by atoms with Gasteiger partial charge in [-0.2, -0.15) is 5.10 Å². The van der Waals surface area contributed by atoms with E-state index < -0.39 is 0 Å². The van der Waals surface area contributed by atoms with E-state index in [0.29, 0.717) is 17.7 Å². The SMILES string of the molecule is COc1cccc(CN2CC[C@@H](c3[nH]ncc3C(=O)N(C)C)C2)c1F. The van der Waals surface area contributed by atoms with E-state index in [0.717, 1.165) is 25.2 Å². The van der Waals surface area contributed by atoms with Gasteiger partial charge in [0.05, 0.1) is 24.6 Å². The predicted molar refractivity (Wildman–Crippen MR) is 92.2 cm³/mol. The van der Waals surface area contributed by atoms with Gasteiger partial charge >= 0.3 is 0 Å². The average molecular weight is 346 g/mol. The van der Waals surface area contributed by atoms with Gasteiger partial charge in [-0.3, -0.25) is 14.8 Å². The molecule has 0 spiro atoms. The molecular weight excluding hydrogens is 323 g/mol. The molecule has 0 unspecified atom stereocenters. The fraction of sp³-hybridized carbons (Fsp3) is 0.444. The first-order chi connectivity index (χ1) is 12.0. The standard InChI is InChI=1S/C18H23FN4O2/c1-22(2)18(24)14-9-20-21-17(14)13-7-8-23(11-13)10-12-5-4-6-15(25-3)16(12)19/h4-6,9,13H,7-8,10-11H2,1-3H3,(H,20,21)/t13-/m1/s1. The molecule has 1 aliphatic heterocycles. The van der Waals surface area contributed by atoms with Gasteiger partial charge in [0.2, 0.25) is 0 Å². The van der Waals surface area contributed by atoms with Crippen molar-refractivity contribution in [3.63, 3.8) is 0 Å². The van der Waals surface area contributed by atoms with Crippen LogP contribution in [-0.4, -0.2) is 60.2 Å². The molecule has 1 aromatic carbocycles. The summed E-state index contributed by atoms with van der Waals surface area (Å²) in [5.41, 5.74) is 2.10. The second kappa shape index (κ2) is 7.23. The van der Waals surface area contributed by atoms with Gasteiger partial charge in [-0.15, -0.1) is 0 Å². The molecule has 0 bridgehead atoms. The third kappa shape index (κ3) is 3.51. The number of H-pyrrole nitrogens is 1. The van der Waals surface area contributed by atoms with Gasteiger partial charge in [0, 0.05) is 38.7 Å². The molecule has 1 fully saturated rings. The van der Waals surface area contributed by atoms with E-state index in [2.05, 4.69) is 15.1 Å². The maximum absolute atomic E-state index is 14.3. The lowest BCUT2D eigenvalue weighted by Gasteiger charge is -2.17. The zero-order valence-electron chi connectivity index (χ0n) is 14.8. The third-order valence-corrected chi connectivity index (χ3v) is 4.64. The Labute approximate surface area is 146 Å². The number of likely N-dealkylation sites (tertiary alicyclic amines) is 1. The first-order valence-electron chi connectivity index (χ1n) is 8.30. The number of halogens is 1. The van der Waals surface area contributed by atoms with Gasteiger partial charge in [0.25, 0.3) is 5.91 Å². The van der Waals surface area contributed by atoms with Gasteiger partial charge in [0.1, 0.15) is 0 Å². The number of rotatable bonds is 5. The maximum Gasteiger partial charge on any atom is 0.256 e. The molecule has 134 valence electrons. The van der Waals surface area contributed by atoms with Gasteiger partial charge in [-0.1, -0.05) is 12.1 Å². The minimum absolute atomic E-state index is 0.0546. The first-order valence-corrected chi connectivity index (χ1v) is 8.30. The van der Waals surface area contributed by atoms with Crippen molar-refractivity contribution in [1.82, 2.24) is 20.0 Å². The Hall–Kier alpha value is -2.41. The highest BCUT2D eigenvalue weighted by atomic mass is 19.1. The summed E-state index contributed by atoms with van der Waals surface area (Å²) in [7, 11) is 4.92. The Morgan fingerprint density at radius 3 is 3.00 bits per heavy atom. The lowest BCUT2D eigenvalue weighted by molar-refractivity contribution is 0.0826. The van der Waals surface area contributed by atoms with Crippen molar-refractivity contribution in [3.8, 4) is 5.75 Å². The Morgan fingerprint density at radius 2 is 2.28 bits per heavy atom. The molecule has 2 heterocycles. The van der Waals surface area contributed by atoms with Crippen molar-refractivity contribution < 1.29 is 13.9 Å². The number of benzene rings is 1. The van der Waals surface area contributed by atoms with Gasteiger partial charge in [0.15, 0.2) is 11.6 Å². The number of ether oxygens (including phenoxy) is 1. The molecule has 1 aliphatic rings. The number of carbonyl (C=O) groups is 1. The number of hydrogen-bond donors (Lipinski definition) is 1. The van der Waals surface area contributed by atoms with Gasteiger partial charge < -0.3 is 9.64 Å². The Morgan fingerprint density at radius 1 is 1.48 bits per heavy atom. The topological polar surface area (TPSA) is 61.5 Å². The second-order valence-corrected chi connectivity index (χ2v) is 6.55. The molecule has 3 rings (SSSR count). The second-order valence-electron chi connectivity index (χ2n) is 6.55. The van der Waals surface area contributed by atoms with Crippen LogP contribution in [0, 0.1) is 5.82 Å². The van der Waals surface area contributed by atoms with Crippen molar-refractivity contribution in [2.45, 2.75) is 18.9 Å². The number of aromatic nitrogens is 2. The van der Waals surface area contributed by atoms with E-state index in [1.54, 1.807) is 43.4 Å². The summed E-state index contributed by atoms with van der Waals surface area (Å²) < 4.78 is 19.4. The maximum atomic E-state index is 14.3. The Kier molecular flexibility index (Phi) is 5.03. The van der Waals surface area contributed by atoms with Crippen LogP contribution in [0.2, 0.25) is 0 Å². The van der Waals surface area contributed by atoms with Gasteiger partial charge in [-0.05, 0) is 19.0 Å². The number of methoxy groups -OCH3 is 1. The Bertz CT molecular complexity index is 759. The molecule has 1 atom stereocenters. The minimum atomic E-state index is -0.307. The van der Waals surface area contributed by atoms with Crippen LogP contribution in [0.1, 0.15) is 34.0 Å². The van der Waals surface area contributed by atoms with Crippen LogP contribution in [-0.2, 0) is 6.54 Å². The van der Waals surface area contributed by atoms with Crippen molar-refractivity contribution in [1.29, 1.82) is 0 Å². The smallest absolute Gasteiger partial charge is 0.256 e. The van der Waals surface area contributed by atoms with Crippen LogP contribution in [0.4, 0.5) is 4.39 Å². The number of amides is 1. The Balaban J connectivity index is 1.71. The monoisotopic (exact) mass is 346 g/mol. The molecule has 1 saturated heterocycles. The van der Waals surface area contributed by atoms with Crippen molar-refractivity contribution in [2.75, 3.05) is 34.3 Å². The van der Waals surface area contributed by atoms with E-state index in [4.69, 9.17) is 4.74 Å². The van der Waals surface area contributed by atoms with Gasteiger partial charge in [-0.25, -0.2) is 4.39 Å². The number of carbonyl (C=O) groups excluding carboxylic acids is 1. The molecule has 0 radical (unpaired) electrons. The highest BCUT2D eigenvalue weighted by Gasteiger charge is 2.29. The minimum Gasteiger partial charge on any atom is -0.494 e. The van der Waals surface area contributed by atoms with E-state index in [1.807, 2.05) is 0 Å².